The first-order chi connectivity index (χ1) is 14.0. The first-order valence-corrected chi connectivity index (χ1v) is 9.61. The fourth-order valence-electron chi connectivity index (χ4n) is 4.43. The Morgan fingerprint density at radius 2 is 1.66 bits per heavy atom. The number of carbonyl (C=O) groups is 3. The van der Waals surface area contributed by atoms with Gasteiger partial charge in [0.25, 0.3) is 5.91 Å². The molecule has 6 nitrogen and oxygen atoms in total. The summed E-state index contributed by atoms with van der Waals surface area (Å²) in [6.07, 6.45) is 4.56. The highest BCUT2D eigenvalue weighted by atomic mass is 16.4. The van der Waals surface area contributed by atoms with Gasteiger partial charge in [-0.25, -0.2) is 0 Å². The Balaban J connectivity index is 1.51. The molecule has 2 aromatic rings. The van der Waals surface area contributed by atoms with Gasteiger partial charge in [0.15, 0.2) is 0 Å². The normalized spacial score (nSPS) is 24.3. The van der Waals surface area contributed by atoms with Gasteiger partial charge >= 0.3 is 5.97 Å². The molecule has 2 aliphatic rings. The van der Waals surface area contributed by atoms with Gasteiger partial charge in [-0.3, -0.25) is 14.4 Å². The molecule has 2 amide bonds. The van der Waals surface area contributed by atoms with Gasteiger partial charge in [0, 0.05) is 24.0 Å². The maximum Gasteiger partial charge on any atom is 0.307 e. The van der Waals surface area contributed by atoms with Crippen LogP contribution in [-0.2, 0) is 9.59 Å². The zero-order valence-corrected chi connectivity index (χ0v) is 16.0. The van der Waals surface area contributed by atoms with Gasteiger partial charge in [0.2, 0.25) is 5.91 Å². The lowest BCUT2D eigenvalue weighted by molar-refractivity contribution is -0.146. The Kier molecular flexibility index (Phi) is 4.92. The van der Waals surface area contributed by atoms with Gasteiger partial charge in [-0.1, -0.05) is 36.4 Å². The lowest BCUT2D eigenvalue weighted by Crippen LogP contribution is -2.36. The molecule has 0 spiro atoms. The van der Waals surface area contributed by atoms with Crippen LogP contribution >= 0.6 is 0 Å². The predicted molar refractivity (Wildman–Crippen MR) is 110 cm³/mol. The van der Waals surface area contributed by atoms with E-state index < -0.39 is 17.8 Å². The molecule has 148 valence electrons. The molecule has 0 aromatic heterocycles. The van der Waals surface area contributed by atoms with E-state index in [1.807, 2.05) is 42.5 Å². The Labute approximate surface area is 168 Å². The smallest absolute Gasteiger partial charge is 0.307 e. The van der Waals surface area contributed by atoms with Crippen molar-refractivity contribution >= 4 is 29.2 Å². The highest BCUT2D eigenvalue weighted by Crippen LogP contribution is 2.48. The summed E-state index contributed by atoms with van der Waals surface area (Å²) >= 11 is 0. The Morgan fingerprint density at radius 3 is 2.34 bits per heavy atom. The minimum absolute atomic E-state index is 0.0462. The Hall–Kier alpha value is -3.41. The molecule has 2 aliphatic carbocycles. The summed E-state index contributed by atoms with van der Waals surface area (Å²) in [6.45, 7) is 0. The number of allylic oxidation sites excluding steroid dienone is 2. The second kappa shape index (κ2) is 7.54. The number of benzene rings is 2. The minimum Gasteiger partial charge on any atom is -0.481 e. The first kappa shape index (κ1) is 18.9. The van der Waals surface area contributed by atoms with E-state index in [2.05, 4.69) is 5.32 Å². The molecule has 4 rings (SSSR count). The molecule has 2 N–H and O–H groups in total. The number of anilines is 2. The van der Waals surface area contributed by atoms with Crippen LogP contribution in [0.5, 0.6) is 0 Å². The molecule has 2 aromatic carbocycles. The van der Waals surface area contributed by atoms with Crippen LogP contribution in [-0.4, -0.2) is 29.9 Å². The average Bonchev–Trinajstić information content (AvgIpc) is 3.35. The van der Waals surface area contributed by atoms with Crippen molar-refractivity contribution in [2.45, 2.75) is 6.42 Å². The van der Waals surface area contributed by atoms with Crippen LogP contribution in [0, 0.1) is 23.7 Å². The monoisotopic (exact) mass is 390 g/mol. The molecule has 6 heteroatoms. The maximum atomic E-state index is 12.9. The van der Waals surface area contributed by atoms with E-state index in [1.165, 1.54) is 0 Å². The Bertz CT molecular complexity index is 985. The van der Waals surface area contributed by atoms with Crippen LogP contribution in [0.1, 0.15) is 16.8 Å². The standard InChI is InChI=1S/C23H22N2O4/c1-25(18-8-3-2-4-9-18)22(27)16-6-5-7-17(13-16)24-21(26)19-14-10-11-15(12-14)20(19)23(28)29/h2-11,13-15,19-20H,12H2,1H3,(H,24,26)(H,28,29)/t14-,15+,19+,20+/m1/s1. The van der Waals surface area contributed by atoms with Crippen LogP contribution in [0.25, 0.3) is 0 Å². The van der Waals surface area contributed by atoms with Crippen molar-refractivity contribution in [3.63, 3.8) is 0 Å². The number of para-hydroxylation sites is 1. The van der Waals surface area contributed by atoms with Gasteiger partial charge in [0.1, 0.15) is 0 Å². The van der Waals surface area contributed by atoms with Gasteiger partial charge in [-0.2, -0.15) is 0 Å². The van der Waals surface area contributed by atoms with E-state index in [1.54, 1.807) is 36.2 Å². The number of hydrogen-bond donors (Lipinski definition) is 2. The zero-order chi connectivity index (χ0) is 20.5. The molecule has 4 atom stereocenters. The van der Waals surface area contributed by atoms with Crippen LogP contribution in [0.4, 0.5) is 11.4 Å². The largest absolute Gasteiger partial charge is 0.481 e. The summed E-state index contributed by atoms with van der Waals surface area (Å²) in [4.78, 5) is 38.9. The summed E-state index contributed by atoms with van der Waals surface area (Å²) in [5.41, 5.74) is 1.69. The fourth-order valence-corrected chi connectivity index (χ4v) is 4.43. The summed E-state index contributed by atoms with van der Waals surface area (Å²) in [5, 5.41) is 12.4. The van der Waals surface area contributed by atoms with E-state index in [9.17, 15) is 19.5 Å². The molecule has 0 unspecified atom stereocenters. The molecule has 1 saturated carbocycles. The van der Waals surface area contributed by atoms with Gasteiger partial charge in [-0.15, -0.1) is 0 Å². The first-order valence-electron chi connectivity index (χ1n) is 9.61. The van der Waals surface area contributed by atoms with Crippen LogP contribution < -0.4 is 10.2 Å². The van der Waals surface area contributed by atoms with Gasteiger partial charge in [0.05, 0.1) is 11.8 Å². The maximum absolute atomic E-state index is 12.9. The number of rotatable bonds is 5. The van der Waals surface area contributed by atoms with Crippen LogP contribution in [0.15, 0.2) is 66.7 Å². The fraction of sp³-hybridized carbons (Fsp3) is 0.261. The number of aliphatic carboxylic acids is 1. The predicted octanol–water partition coefficient (Wildman–Crippen LogP) is 3.42. The third-order valence-electron chi connectivity index (χ3n) is 5.87. The molecular weight excluding hydrogens is 368 g/mol. The summed E-state index contributed by atoms with van der Waals surface area (Å²) in [7, 11) is 1.70. The highest BCUT2D eigenvalue weighted by molar-refractivity contribution is 6.07. The lowest BCUT2D eigenvalue weighted by Gasteiger charge is -2.24. The number of carboxylic acids is 1. The average molecular weight is 390 g/mol. The number of carbonyl (C=O) groups excluding carboxylic acids is 2. The lowest BCUT2D eigenvalue weighted by atomic mass is 9.82. The molecule has 0 aliphatic heterocycles. The van der Waals surface area contributed by atoms with Crippen molar-refractivity contribution in [1.29, 1.82) is 0 Å². The third-order valence-corrected chi connectivity index (χ3v) is 5.87. The second-order valence-electron chi connectivity index (χ2n) is 7.61. The number of nitrogens with zero attached hydrogens (tertiary/aromatic N) is 1. The summed E-state index contributed by atoms with van der Waals surface area (Å²) in [6, 6.07) is 16.0. The molecule has 29 heavy (non-hydrogen) atoms. The molecule has 1 fully saturated rings. The van der Waals surface area contributed by atoms with Crippen molar-refractivity contribution in [3.05, 3.63) is 72.3 Å². The van der Waals surface area contributed by atoms with E-state index in [0.717, 1.165) is 5.69 Å². The summed E-state index contributed by atoms with van der Waals surface area (Å²) < 4.78 is 0. The van der Waals surface area contributed by atoms with Crippen LogP contribution in [0.2, 0.25) is 0 Å². The Morgan fingerprint density at radius 1 is 0.966 bits per heavy atom. The summed E-state index contributed by atoms with van der Waals surface area (Å²) in [5.74, 6) is -2.85. The molecule has 2 bridgehead atoms. The number of fused-ring (bicyclic) bond motifs is 2. The van der Waals surface area contributed by atoms with Crippen molar-refractivity contribution in [1.82, 2.24) is 0 Å². The van der Waals surface area contributed by atoms with E-state index >= 15 is 0 Å². The minimum atomic E-state index is -0.935. The number of hydrogen-bond acceptors (Lipinski definition) is 3. The molecule has 0 heterocycles. The van der Waals surface area contributed by atoms with Gasteiger partial charge in [-0.05, 0) is 48.6 Å². The third kappa shape index (κ3) is 3.53. The number of amides is 2. The second-order valence-corrected chi connectivity index (χ2v) is 7.61. The van der Waals surface area contributed by atoms with Crippen LogP contribution in [0.3, 0.4) is 0 Å². The van der Waals surface area contributed by atoms with Crippen molar-refractivity contribution < 1.29 is 19.5 Å². The SMILES string of the molecule is CN(C(=O)c1cccc(NC(=O)[C@@H]2[C@@H](C(=O)O)[C@H]3C=C[C@@H]2C3)c1)c1ccccc1. The molecule has 0 saturated heterocycles. The van der Waals surface area contributed by atoms with Gasteiger partial charge < -0.3 is 15.3 Å². The number of carboxylic acid groups (broad SMARTS) is 1. The van der Waals surface area contributed by atoms with E-state index in [4.69, 9.17) is 0 Å². The quantitative estimate of drug-likeness (QED) is 0.766. The molecule has 0 radical (unpaired) electrons. The van der Waals surface area contributed by atoms with E-state index in [-0.39, 0.29) is 23.7 Å². The van der Waals surface area contributed by atoms with Crippen molar-refractivity contribution in [2.24, 2.45) is 23.7 Å². The molecular formula is C23H22N2O4. The topological polar surface area (TPSA) is 86.7 Å². The number of nitrogens with one attached hydrogen (secondary N) is 1. The van der Waals surface area contributed by atoms with Crippen molar-refractivity contribution in [2.75, 3.05) is 17.3 Å². The zero-order valence-electron chi connectivity index (χ0n) is 16.0. The van der Waals surface area contributed by atoms with E-state index in [0.29, 0.717) is 17.7 Å². The highest BCUT2D eigenvalue weighted by Gasteiger charge is 2.51. The van der Waals surface area contributed by atoms with Crippen molar-refractivity contribution in [3.8, 4) is 0 Å².